The number of carboxylic acids is 1. The monoisotopic (exact) mass is 265 g/mol. The lowest BCUT2D eigenvalue weighted by Crippen LogP contribution is -2.36. The van der Waals surface area contributed by atoms with Gasteiger partial charge in [0.2, 0.25) is 11.0 Å². The molecule has 0 radical (unpaired) electrons. The van der Waals surface area contributed by atoms with Crippen LogP contribution in [0.1, 0.15) is 6.42 Å². The predicted octanol–water partition coefficient (Wildman–Crippen LogP) is 0.999. The number of carbonyl (C=O) groups excluding carboxylic acids is 1. The predicted molar refractivity (Wildman–Crippen MR) is 63.9 cm³/mol. The minimum atomic E-state index is -0.899. The average molecular weight is 265 g/mol. The fourth-order valence-electron chi connectivity index (χ4n) is 2.93. The Labute approximate surface area is 107 Å². The molecule has 1 fully saturated rings. The highest BCUT2D eigenvalue weighted by atomic mass is 32.1. The van der Waals surface area contributed by atoms with Gasteiger partial charge in [-0.1, -0.05) is 23.5 Å². The van der Waals surface area contributed by atoms with E-state index >= 15 is 0 Å². The Morgan fingerprint density at radius 3 is 2.67 bits per heavy atom. The van der Waals surface area contributed by atoms with Crippen molar-refractivity contribution >= 4 is 28.3 Å². The molecule has 2 bridgehead atoms. The Kier molecular flexibility index (Phi) is 2.62. The highest BCUT2D eigenvalue weighted by molar-refractivity contribution is 7.13. The van der Waals surface area contributed by atoms with Gasteiger partial charge in [0.1, 0.15) is 5.51 Å². The molecule has 0 aliphatic heterocycles. The van der Waals surface area contributed by atoms with Crippen LogP contribution in [0.15, 0.2) is 17.7 Å². The first-order valence-electron chi connectivity index (χ1n) is 5.65. The second-order valence-corrected chi connectivity index (χ2v) is 5.40. The number of aliphatic carboxylic acids is 1. The van der Waals surface area contributed by atoms with Crippen molar-refractivity contribution in [2.45, 2.75) is 6.42 Å². The molecule has 4 atom stereocenters. The molecule has 1 saturated carbocycles. The van der Waals surface area contributed by atoms with Gasteiger partial charge in [-0.3, -0.25) is 9.59 Å². The number of rotatable bonds is 3. The number of nitrogens with zero attached hydrogens (tertiary/aromatic N) is 2. The summed E-state index contributed by atoms with van der Waals surface area (Å²) >= 11 is 1.22. The van der Waals surface area contributed by atoms with Crippen LogP contribution in [0.5, 0.6) is 0 Å². The molecule has 1 aromatic rings. The third-order valence-electron chi connectivity index (χ3n) is 3.64. The number of hydrogen-bond donors (Lipinski definition) is 2. The van der Waals surface area contributed by atoms with Crippen molar-refractivity contribution in [2.75, 3.05) is 5.32 Å². The van der Waals surface area contributed by atoms with Gasteiger partial charge in [0.15, 0.2) is 0 Å². The molecule has 94 valence electrons. The summed E-state index contributed by atoms with van der Waals surface area (Å²) in [5, 5.41) is 19.7. The van der Waals surface area contributed by atoms with E-state index in [2.05, 4.69) is 15.5 Å². The summed E-state index contributed by atoms with van der Waals surface area (Å²) < 4.78 is 0. The normalized spacial score (nSPS) is 32.7. The van der Waals surface area contributed by atoms with Gasteiger partial charge in [-0.05, 0) is 18.3 Å². The average Bonchev–Trinajstić information content (AvgIpc) is 3.03. The third-order valence-corrected chi connectivity index (χ3v) is 4.24. The second kappa shape index (κ2) is 4.16. The van der Waals surface area contributed by atoms with Crippen molar-refractivity contribution in [1.82, 2.24) is 10.2 Å². The molecule has 2 N–H and O–H groups in total. The molecule has 0 spiro atoms. The SMILES string of the molecule is O=C(Nc1nncs1)[C@@H]1[C@H](C(=O)O)[C@H]2C=C[C@H]1C2. The summed E-state index contributed by atoms with van der Waals surface area (Å²) in [6, 6.07) is 0. The lowest BCUT2D eigenvalue weighted by atomic mass is 9.82. The molecule has 0 saturated heterocycles. The lowest BCUT2D eigenvalue weighted by molar-refractivity contribution is -0.146. The highest BCUT2D eigenvalue weighted by Crippen LogP contribution is 2.48. The number of anilines is 1. The molecule has 0 aromatic carbocycles. The van der Waals surface area contributed by atoms with Gasteiger partial charge >= 0.3 is 5.97 Å². The smallest absolute Gasteiger partial charge is 0.307 e. The maximum absolute atomic E-state index is 12.1. The number of amides is 1. The van der Waals surface area contributed by atoms with Crippen molar-refractivity contribution in [2.24, 2.45) is 23.7 Å². The van der Waals surface area contributed by atoms with Crippen LogP contribution in [0, 0.1) is 23.7 Å². The van der Waals surface area contributed by atoms with Crippen LogP contribution in [-0.4, -0.2) is 27.2 Å². The van der Waals surface area contributed by atoms with Crippen LogP contribution in [-0.2, 0) is 9.59 Å². The molecule has 2 aliphatic rings. The van der Waals surface area contributed by atoms with Crippen molar-refractivity contribution in [3.05, 3.63) is 17.7 Å². The first-order chi connectivity index (χ1) is 8.66. The van der Waals surface area contributed by atoms with Gasteiger partial charge in [0, 0.05) is 0 Å². The summed E-state index contributed by atoms with van der Waals surface area (Å²) in [6.07, 6.45) is 4.62. The lowest BCUT2D eigenvalue weighted by Gasteiger charge is -2.23. The topological polar surface area (TPSA) is 92.2 Å². The largest absolute Gasteiger partial charge is 0.481 e. The molecule has 1 amide bonds. The van der Waals surface area contributed by atoms with E-state index in [0.717, 1.165) is 6.42 Å². The maximum atomic E-state index is 12.1. The van der Waals surface area contributed by atoms with Gasteiger partial charge in [-0.2, -0.15) is 0 Å². The van der Waals surface area contributed by atoms with E-state index in [0.29, 0.717) is 5.13 Å². The van der Waals surface area contributed by atoms with Crippen LogP contribution in [0.2, 0.25) is 0 Å². The molecular weight excluding hydrogens is 254 g/mol. The Morgan fingerprint density at radius 2 is 2.06 bits per heavy atom. The fraction of sp³-hybridized carbons (Fsp3) is 0.455. The fourth-order valence-corrected chi connectivity index (χ4v) is 3.38. The first kappa shape index (κ1) is 11.3. The number of hydrogen-bond acceptors (Lipinski definition) is 5. The van der Waals surface area contributed by atoms with Crippen molar-refractivity contribution in [3.63, 3.8) is 0 Å². The quantitative estimate of drug-likeness (QED) is 0.795. The van der Waals surface area contributed by atoms with Crippen LogP contribution < -0.4 is 5.32 Å². The van der Waals surface area contributed by atoms with Crippen LogP contribution >= 0.6 is 11.3 Å². The van der Waals surface area contributed by atoms with Crippen LogP contribution in [0.25, 0.3) is 0 Å². The van der Waals surface area contributed by atoms with E-state index in [1.807, 2.05) is 12.2 Å². The molecule has 3 rings (SSSR count). The molecule has 1 aromatic heterocycles. The number of carboxylic acid groups (broad SMARTS) is 1. The molecule has 6 nitrogen and oxygen atoms in total. The Hall–Kier alpha value is -1.76. The van der Waals surface area contributed by atoms with Gasteiger partial charge in [-0.25, -0.2) is 0 Å². The van der Waals surface area contributed by atoms with E-state index in [9.17, 15) is 14.7 Å². The molecule has 0 unspecified atom stereocenters. The van der Waals surface area contributed by atoms with Crippen LogP contribution in [0.4, 0.5) is 5.13 Å². The van der Waals surface area contributed by atoms with E-state index < -0.39 is 17.8 Å². The molecule has 7 heteroatoms. The minimum Gasteiger partial charge on any atom is -0.481 e. The Bertz CT molecular complexity index is 514. The summed E-state index contributed by atoms with van der Waals surface area (Å²) in [7, 11) is 0. The summed E-state index contributed by atoms with van der Waals surface area (Å²) in [5.74, 6) is -2.27. The summed E-state index contributed by atoms with van der Waals surface area (Å²) in [4.78, 5) is 23.4. The molecule has 2 aliphatic carbocycles. The first-order valence-corrected chi connectivity index (χ1v) is 6.53. The van der Waals surface area contributed by atoms with Gasteiger partial charge < -0.3 is 10.4 Å². The van der Waals surface area contributed by atoms with Gasteiger partial charge in [0.05, 0.1) is 11.8 Å². The van der Waals surface area contributed by atoms with E-state index in [4.69, 9.17) is 0 Å². The molecule has 18 heavy (non-hydrogen) atoms. The molecule has 1 heterocycles. The zero-order valence-electron chi connectivity index (χ0n) is 9.31. The standard InChI is InChI=1S/C11H11N3O3S/c15-9(13-11-14-12-4-18-11)7-5-1-2-6(3-5)8(7)10(16)17/h1-2,4-8H,3H2,(H,16,17)(H,13,14,15)/t5-,6-,7-,8+/m0/s1. The molecular formula is C11H11N3O3S. The number of allylic oxidation sites excluding steroid dienone is 2. The minimum absolute atomic E-state index is 0.0160. The van der Waals surface area contributed by atoms with Crippen molar-refractivity contribution < 1.29 is 14.7 Å². The summed E-state index contributed by atoms with van der Waals surface area (Å²) in [6.45, 7) is 0. The van der Waals surface area contributed by atoms with Crippen molar-refractivity contribution in [3.8, 4) is 0 Å². The zero-order valence-corrected chi connectivity index (χ0v) is 10.1. The van der Waals surface area contributed by atoms with Gasteiger partial charge in [-0.15, -0.1) is 10.2 Å². The third kappa shape index (κ3) is 1.71. The number of fused-ring (bicyclic) bond motifs is 2. The number of nitrogens with one attached hydrogen (secondary N) is 1. The van der Waals surface area contributed by atoms with Crippen molar-refractivity contribution in [1.29, 1.82) is 0 Å². The highest BCUT2D eigenvalue weighted by Gasteiger charge is 2.51. The van der Waals surface area contributed by atoms with E-state index in [1.165, 1.54) is 16.8 Å². The second-order valence-electron chi connectivity index (χ2n) is 4.57. The Morgan fingerprint density at radius 1 is 1.33 bits per heavy atom. The van der Waals surface area contributed by atoms with Gasteiger partial charge in [0.25, 0.3) is 0 Å². The van der Waals surface area contributed by atoms with E-state index in [1.54, 1.807) is 0 Å². The summed E-state index contributed by atoms with van der Waals surface area (Å²) in [5.41, 5.74) is 1.52. The van der Waals surface area contributed by atoms with E-state index in [-0.39, 0.29) is 17.7 Å². The zero-order chi connectivity index (χ0) is 12.7. The number of carbonyl (C=O) groups is 2. The van der Waals surface area contributed by atoms with Crippen LogP contribution in [0.3, 0.4) is 0 Å². The Balaban J connectivity index is 1.80. The number of aromatic nitrogens is 2. The maximum Gasteiger partial charge on any atom is 0.307 e.